The molecule has 2 aromatic heterocycles. The first-order valence-electron chi connectivity index (χ1n) is 9.63. The van der Waals surface area contributed by atoms with Gasteiger partial charge in [-0.15, -0.1) is 0 Å². The third kappa shape index (κ3) is 5.22. The van der Waals surface area contributed by atoms with Crippen LogP contribution in [0.2, 0.25) is 0 Å². The van der Waals surface area contributed by atoms with E-state index in [9.17, 15) is 4.79 Å². The minimum absolute atomic E-state index is 0.128. The van der Waals surface area contributed by atoms with Gasteiger partial charge in [0.2, 0.25) is 0 Å². The molecule has 0 N–H and O–H groups in total. The van der Waals surface area contributed by atoms with Gasteiger partial charge in [-0.2, -0.15) is 0 Å². The van der Waals surface area contributed by atoms with Crippen LogP contribution in [0.4, 0.5) is 10.6 Å². The molecule has 0 radical (unpaired) electrons. The highest BCUT2D eigenvalue weighted by molar-refractivity contribution is 5.86. The monoisotopic (exact) mass is 393 g/mol. The van der Waals surface area contributed by atoms with Crippen molar-refractivity contribution in [2.45, 2.75) is 46.3 Å². The molecule has 0 spiro atoms. The fourth-order valence-electron chi connectivity index (χ4n) is 2.77. The Morgan fingerprint density at radius 2 is 1.83 bits per heavy atom. The van der Waals surface area contributed by atoms with E-state index in [1.165, 1.54) is 4.90 Å². The molecule has 0 aliphatic heterocycles. The summed E-state index contributed by atoms with van der Waals surface area (Å²) in [4.78, 5) is 22.7. The smallest absolute Gasteiger partial charge is 0.415 e. The van der Waals surface area contributed by atoms with Crippen molar-refractivity contribution in [3.63, 3.8) is 0 Å². The van der Waals surface area contributed by atoms with Gasteiger partial charge in [0, 0.05) is 24.2 Å². The third-order valence-corrected chi connectivity index (χ3v) is 4.09. The standard InChI is InChI=1S/C23H27N3O3/c1-15(2)28-18-9-11-19-16(13-18)7-10-20(25-19)17-8-12-21(24-14-17)26(6)22(27)29-23(3,4)5/h7-15H,1-6H3. The molecule has 152 valence electrons. The van der Waals surface area contributed by atoms with Crippen molar-refractivity contribution in [1.29, 1.82) is 0 Å². The second kappa shape index (κ2) is 8.07. The molecule has 2 heterocycles. The molecular weight excluding hydrogens is 366 g/mol. The predicted molar refractivity (Wildman–Crippen MR) is 115 cm³/mol. The Bertz CT molecular complexity index is 1010. The van der Waals surface area contributed by atoms with Crippen LogP contribution in [0.25, 0.3) is 22.2 Å². The van der Waals surface area contributed by atoms with E-state index >= 15 is 0 Å². The lowest BCUT2D eigenvalue weighted by Gasteiger charge is -2.24. The molecule has 3 aromatic rings. The van der Waals surface area contributed by atoms with Gasteiger partial charge >= 0.3 is 6.09 Å². The SMILES string of the molecule is CC(C)Oc1ccc2nc(-c3ccc(N(C)C(=O)OC(C)(C)C)nc3)ccc2c1. The van der Waals surface area contributed by atoms with Gasteiger partial charge < -0.3 is 9.47 Å². The summed E-state index contributed by atoms with van der Waals surface area (Å²) in [6.45, 7) is 9.50. The van der Waals surface area contributed by atoms with E-state index in [2.05, 4.69) is 4.98 Å². The lowest BCUT2D eigenvalue weighted by molar-refractivity contribution is 0.0588. The quantitative estimate of drug-likeness (QED) is 0.589. The van der Waals surface area contributed by atoms with Crippen LogP contribution in [-0.2, 0) is 4.74 Å². The van der Waals surface area contributed by atoms with Crippen molar-refractivity contribution >= 4 is 22.8 Å². The van der Waals surface area contributed by atoms with E-state index in [1.807, 2.05) is 71.0 Å². The number of hydrogen-bond donors (Lipinski definition) is 0. The summed E-state index contributed by atoms with van der Waals surface area (Å²) in [5, 5.41) is 1.01. The van der Waals surface area contributed by atoms with Gasteiger partial charge in [-0.1, -0.05) is 6.07 Å². The Morgan fingerprint density at radius 1 is 1.07 bits per heavy atom. The fraction of sp³-hybridized carbons (Fsp3) is 0.348. The summed E-state index contributed by atoms with van der Waals surface area (Å²) < 4.78 is 11.1. The van der Waals surface area contributed by atoms with Gasteiger partial charge in [-0.25, -0.2) is 14.8 Å². The molecule has 6 nitrogen and oxygen atoms in total. The predicted octanol–water partition coefficient (Wildman–Crippen LogP) is 5.46. The Kier molecular flexibility index (Phi) is 5.73. The Morgan fingerprint density at radius 3 is 2.45 bits per heavy atom. The third-order valence-electron chi connectivity index (χ3n) is 4.09. The second-order valence-corrected chi connectivity index (χ2v) is 8.16. The van der Waals surface area contributed by atoms with Crippen LogP contribution in [-0.4, -0.2) is 34.8 Å². The minimum Gasteiger partial charge on any atom is -0.491 e. The normalized spacial score (nSPS) is 11.6. The molecule has 0 bridgehead atoms. The number of nitrogens with zero attached hydrogens (tertiary/aromatic N) is 3. The fourth-order valence-corrected chi connectivity index (χ4v) is 2.77. The van der Waals surface area contributed by atoms with Crippen LogP contribution in [0.1, 0.15) is 34.6 Å². The first-order valence-corrected chi connectivity index (χ1v) is 9.63. The van der Waals surface area contributed by atoms with Crippen LogP contribution in [0.15, 0.2) is 48.7 Å². The minimum atomic E-state index is -0.555. The molecule has 6 heteroatoms. The molecule has 3 rings (SSSR count). The second-order valence-electron chi connectivity index (χ2n) is 8.16. The molecule has 0 saturated heterocycles. The molecule has 0 aliphatic rings. The maximum absolute atomic E-state index is 12.2. The lowest BCUT2D eigenvalue weighted by Crippen LogP contribution is -2.34. The van der Waals surface area contributed by atoms with Crippen LogP contribution < -0.4 is 9.64 Å². The summed E-state index contributed by atoms with van der Waals surface area (Å²) in [7, 11) is 1.64. The van der Waals surface area contributed by atoms with Crippen LogP contribution in [0, 0.1) is 0 Å². The number of fused-ring (bicyclic) bond motifs is 1. The molecular formula is C23H27N3O3. The number of benzene rings is 1. The average Bonchev–Trinajstić information content (AvgIpc) is 2.65. The molecule has 0 atom stereocenters. The Balaban J connectivity index is 1.80. The molecule has 0 unspecified atom stereocenters. The number of carbonyl (C=O) groups is 1. The number of hydrogen-bond acceptors (Lipinski definition) is 5. The van der Waals surface area contributed by atoms with Crippen molar-refractivity contribution in [3.05, 3.63) is 48.7 Å². The van der Waals surface area contributed by atoms with E-state index < -0.39 is 11.7 Å². The maximum atomic E-state index is 12.2. The van der Waals surface area contributed by atoms with Gasteiger partial charge in [0.15, 0.2) is 0 Å². The number of anilines is 1. The van der Waals surface area contributed by atoms with Gasteiger partial charge in [0.05, 0.1) is 17.3 Å². The Hall–Kier alpha value is -3.15. The molecule has 1 aromatic carbocycles. The molecule has 1 amide bonds. The first kappa shape index (κ1) is 20.6. The van der Waals surface area contributed by atoms with E-state index in [-0.39, 0.29) is 6.10 Å². The first-order chi connectivity index (χ1) is 13.6. The summed E-state index contributed by atoms with van der Waals surface area (Å²) in [5.41, 5.74) is 2.01. The van der Waals surface area contributed by atoms with Gasteiger partial charge in [0.25, 0.3) is 0 Å². The van der Waals surface area contributed by atoms with Crippen molar-refractivity contribution in [2.75, 3.05) is 11.9 Å². The van der Waals surface area contributed by atoms with E-state index in [1.54, 1.807) is 19.3 Å². The number of rotatable bonds is 4. The largest absolute Gasteiger partial charge is 0.491 e. The number of amides is 1. The average molecular weight is 393 g/mol. The van der Waals surface area contributed by atoms with Crippen molar-refractivity contribution in [1.82, 2.24) is 9.97 Å². The zero-order chi connectivity index (χ0) is 21.2. The van der Waals surface area contributed by atoms with Crippen molar-refractivity contribution < 1.29 is 14.3 Å². The highest BCUT2D eigenvalue weighted by Gasteiger charge is 2.21. The summed E-state index contributed by atoms with van der Waals surface area (Å²) in [5.74, 6) is 1.34. The van der Waals surface area contributed by atoms with Gasteiger partial charge in [0.1, 0.15) is 17.2 Å². The number of ether oxygens (including phenoxy) is 2. The van der Waals surface area contributed by atoms with Crippen LogP contribution in [0.3, 0.4) is 0 Å². The molecule has 29 heavy (non-hydrogen) atoms. The Labute approximate surface area is 171 Å². The molecule has 0 saturated carbocycles. The van der Waals surface area contributed by atoms with Crippen LogP contribution >= 0.6 is 0 Å². The number of pyridine rings is 2. The van der Waals surface area contributed by atoms with Crippen molar-refractivity contribution in [2.24, 2.45) is 0 Å². The van der Waals surface area contributed by atoms with E-state index in [0.29, 0.717) is 5.82 Å². The van der Waals surface area contributed by atoms with Crippen LogP contribution in [0.5, 0.6) is 5.75 Å². The van der Waals surface area contributed by atoms with E-state index in [0.717, 1.165) is 27.9 Å². The maximum Gasteiger partial charge on any atom is 0.415 e. The molecule has 0 fully saturated rings. The summed E-state index contributed by atoms with van der Waals surface area (Å²) in [6, 6.07) is 13.5. The van der Waals surface area contributed by atoms with Crippen molar-refractivity contribution in [3.8, 4) is 17.0 Å². The number of aromatic nitrogens is 2. The zero-order valence-electron chi connectivity index (χ0n) is 17.8. The van der Waals surface area contributed by atoms with E-state index in [4.69, 9.17) is 14.5 Å². The lowest BCUT2D eigenvalue weighted by atomic mass is 10.1. The van der Waals surface area contributed by atoms with Gasteiger partial charge in [-0.3, -0.25) is 4.90 Å². The molecule has 0 aliphatic carbocycles. The zero-order valence-corrected chi connectivity index (χ0v) is 17.8. The topological polar surface area (TPSA) is 64.5 Å². The number of carbonyl (C=O) groups excluding carboxylic acids is 1. The van der Waals surface area contributed by atoms with Gasteiger partial charge in [-0.05, 0) is 71.0 Å². The highest BCUT2D eigenvalue weighted by Crippen LogP contribution is 2.25. The summed E-state index contributed by atoms with van der Waals surface area (Å²) >= 11 is 0. The summed E-state index contributed by atoms with van der Waals surface area (Å²) in [6.07, 6.45) is 1.39. The highest BCUT2D eigenvalue weighted by atomic mass is 16.6.